The summed E-state index contributed by atoms with van der Waals surface area (Å²) in [4.78, 5) is 40.5. The minimum absolute atomic E-state index is 0.0285. The van der Waals surface area contributed by atoms with Crippen molar-refractivity contribution in [1.29, 1.82) is 0 Å². The molecule has 2 fully saturated rings. The topological polar surface area (TPSA) is 182 Å². The third-order valence-corrected chi connectivity index (χ3v) is 7.27. The highest BCUT2D eigenvalue weighted by Gasteiger charge is 2.67. The van der Waals surface area contributed by atoms with Crippen molar-refractivity contribution in [3.05, 3.63) is 34.4 Å². The lowest BCUT2D eigenvalue weighted by Gasteiger charge is -2.53. The number of fused-ring (bicyclic) bond motifs is 3. The number of amides is 1. The second kappa shape index (κ2) is 8.21. The Morgan fingerprint density at radius 2 is 1.94 bits per heavy atom. The number of aliphatic hydroxyl groups is 4. The quantitative estimate of drug-likeness (QED) is 0.221. The number of benzene rings is 1. The van der Waals surface area contributed by atoms with Crippen molar-refractivity contribution in [2.45, 2.75) is 30.6 Å². The van der Waals surface area contributed by atoms with Crippen LogP contribution in [0.25, 0.3) is 5.76 Å². The van der Waals surface area contributed by atoms with Crippen LogP contribution in [0.2, 0.25) is 0 Å². The van der Waals surface area contributed by atoms with Crippen LogP contribution in [0.1, 0.15) is 23.1 Å². The molecule has 180 valence electrons. The zero-order valence-electron chi connectivity index (χ0n) is 18.6. The molecule has 0 aliphatic heterocycles. The van der Waals surface area contributed by atoms with E-state index in [-0.39, 0.29) is 29.7 Å². The van der Waals surface area contributed by atoms with Crippen LogP contribution in [0.5, 0.6) is 5.75 Å². The molecular formula is C24H26N2O8. The molecule has 3 aliphatic rings. The van der Waals surface area contributed by atoms with E-state index in [4.69, 9.17) is 10.8 Å². The smallest absolute Gasteiger partial charge is 0.230 e. The van der Waals surface area contributed by atoms with Gasteiger partial charge in [-0.3, -0.25) is 14.4 Å². The molecule has 7 N–H and O–H groups in total. The molecule has 0 bridgehead atoms. The molecule has 0 saturated heterocycles. The monoisotopic (exact) mass is 470 g/mol. The molecule has 0 spiro atoms. The highest BCUT2D eigenvalue weighted by molar-refractivity contribution is 6.25. The number of carbonyl (C=O) groups is 3. The lowest BCUT2D eigenvalue weighted by Crippen LogP contribution is -2.73. The summed E-state index contributed by atoms with van der Waals surface area (Å²) in [6.45, 7) is -0.398. The number of phenolic OH excluding ortho intramolecular Hbond substituents is 1. The fourth-order valence-electron chi connectivity index (χ4n) is 5.86. The maximum atomic E-state index is 13.7. The third kappa shape index (κ3) is 3.16. The Kier molecular flexibility index (Phi) is 5.78. The molecule has 1 aromatic carbocycles. The largest absolute Gasteiger partial charge is 0.507 e. The molecule has 0 radical (unpaired) electrons. The number of nitrogens with zero attached hydrogens (tertiary/aromatic N) is 1. The average molecular weight is 470 g/mol. The van der Waals surface area contributed by atoms with Crippen molar-refractivity contribution >= 4 is 23.2 Å². The van der Waals surface area contributed by atoms with Gasteiger partial charge in [-0.05, 0) is 50.6 Å². The van der Waals surface area contributed by atoms with Crippen LogP contribution < -0.4 is 5.73 Å². The van der Waals surface area contributed by atoms with E-state index in [9.17, 15) is 34.8 Å². The molecule has 2 saturated carbocycles. The number of rotatable bonds is 2. The second-order valence-corrected chi connectivity index (χ2v) is 9.24. The van der Waals surface area contributed by atoms with E-state index in [1.165, 1.54) is 17.0 Å². The Hall–Kier alpha value is -3.23. The van der Waals surface area contributed by atoms with Gasteiger partial charge >= 0.3 is 0 Å². The van der Waals surface area contributed by atoms with E-state index >= 15 is 0 Å². The lowest BCUT2D eigenvalue weighted by molar-refractivity contribution is -0.184. The van der Waals surface area contributed by atoms with Crippen molar-refractivity contribution in [3.8, 4) is 17.6 Å². The minimum atomic E-state index is -2.69. The van der Waals surface area contributed by atoms with Gasteiger partial charge in [0, 0.05) is 23.1 Å². The van der Waals surface area contributed by atoms with Gasteiger partial charge in [0.05, 0.1) is 11.7 Å². The van der Waals surface area contributed by atoms with Gasteiger partial charge in [-0.1, -0.05) is 11.8 Å². The van der Waals surface area contributed by atoms with Crippen molar-refractivity contribution < 1.29 is 39.9 Å². The number of aliphatic hydroxyl groups excluding tert-OH is 3. The number of primary amides is 1. The first-order chi connectivity index (χ1) is 16.0. The van der Waals surface area contributed by atoms with Crippen LogP contribution in [-0.4, -0.2) is 86.4 Å². The van der Waals surface area contributed by atoms with E-state index in [1.54, 1.807) is 14.1 Å². The predicted octanol–water partition coefficient (Wildman–Crippen LogP) is -1.53. The first-order valence-corrected chi connectivity index (χ1v) is 10.8. The lowest BCUT2D eigenvalue weighted by atomic mass is 9.54. The van der Waals surface area contributed by atoms with E-state index in [2.05, 4.69) is 11.8 Å². The number of likely N-dealkylation sites (N-methyl/N-ethyl adjacent to an activating group) is 1. The Morgan fingerprint density at radius 3 is 2.53 bits per heavy atom. The van der Waals surface area contributed by atoms with Crippen molar-refractivity contribution in [1.82, 2.24) is 4.90 Å². The Balaban J connectivity index is 1.93. The van der Waals surface area contributed by atoms with Crippen LogP contribution in [0.15, 0.2) is 17.7 Å². The Labute approximate surface area is 195 Å². The van der Waals surface area contributed by atoms with Gasteiger partial charge in [0.25, 0.3) is 0 Å². The van der Waals surface area contributed by atoms with Crippen molar-refractivity contribution in [3.63, 3.8) is 0 Å². The highest BCUT2D eigenvalue weighted by Crippen LogP contribution is 2.52. The first-order valence-electron chi connectivity index (χ1n) is 10.8. The third-order valence-electron chi connectivity index (χ3n) is 7.27. The number of nitrogens with two attached hydrogens (primary N) is 1. The van der Waals surface area contributed by atoms with E-state index in [0.29, 0.717) is 11.1 Å². The maximum absolute atomic E-state index is 13.7. The Bertz CT molecular complexity index is 1190. The summed E-state index contributed by atoms with van der Waals surface area (Å²) < 4.78 is 0. The minimum Gasteiger partial charge on any atom is -0.507 e. The number of ketones is 2. The standard InChI is InChI=1S/C24H26N2O8/c1-26(2)18-13-9-11-8-12-10(4-3-7-27)5-6-14(28)16(12)19(29)15(11)21(31)24(13,34)22(32)17(20(18)30)23(25)33/h5-6,11,13,17-18,20,27-30,34H,7-9H2,1-2H3,(H2,25,33)/t11-,13-,17?,18-,20?,24-/m1/s1. The van der Waals surface area contributed by atoms with Gasteiger partial charge in [0.15, 0.2) is 11.4 Å². The van der Waals surface area contributed by atoms with E-state index < -0.39 is 65.3 Å². The van der Waals surface area contributed by atoms with Gasteiger partial charge < -0.3 is 36.2 Å². The summed E-state index contributed by atoms with van der Waals surface area (Å²) >= 11 is 0. The molecule has 3 aliphatic carbocycles. The molecule has 2 unspecified atom stereocenters. The summed E-state index contributed by atoms with van der Waals surface area (Å²) in [6.07, 6.45) is -1.36. The summed E-state index contributed by atoms with van der Waals surface area (Å²) in [5, 5.41) is 52.9. The molecule has 10 nitrogen and oxygen atoms in total. The molecule has 34 heavy (non-hydrogen) atoms. The second-order valence-electron chi connectivity index (χ2n) is 9.24. The maximum Gasteiger partial charge on any atom is 0.230 e. The fourth-order valence-corrected chi connectivity index (χ4v) is 5.86. The molecule has 0 heterocycles. The molecule has 0 aromatic heterocycles. The molecular weight excluding hydrogens is 444 g/mol. The van der Waals surface area contributed by atoms with Crippen LogP contribution in [0.3, 0.4) is 0 Å². The molecule has 1 aromatic rings. The molecule has 10 heteroatoms. The van der Waals surface area contributed by atoms with Crippen LogP contribution in [0.4, 0.5) is 0 Å². The number of hydrogen-bond donors (Lipinski definition) is 6. The van der Waals surface area contributed by atoms with Crippen LogP contribution in [-0.2, 0) is 20.8 Å². The van der Waals surface area contributed by atoms with Crippen LogP contribution in [0, 0.1) is 29.6 Å². The Morgan fingerprint density at radius 1 is 1.26 bits per heavy atom. The number of Topliss-reactive ketones (excluding diaryl/α,β-unsaturated/α-hetero) is 2. The van der Waals surface area contributed by atoms with Gasteiger partial charge in [0.2, 0.25) is 11.7 Å². The zero-order valence-corrected chi connectivity index (χ0v) is 18.6. The summed E-state index contributed by atoms with van der Waals surface area (Å²) in [5.41, 5.74) is 3.31. The number of aromatic hydroxyl groups is 1. The van der Waals surface area contributed by atoms with Gasteiger partial charge in [-0.25, -0.2) is 0 Å². The summed E-state index contributed by atoms with van der Waals surface area (Å²) in [7, 11) is 3.18. The van der Waals surface area contributed by atoms with Crippen molar-refractivity contribution in [2.75, 3.05) is 20.7 Å². The normalized spacial score (nSPS) is 32.5. The number of carbonyl (C=O) groups excluding carboxylic acids is 3. The number of phenols is 1. The fraction of sp³-hybridized carbons (Fsp3) is 0.458. The van der Waals surface area contributed by atoms with Gasteiger partial charge in [-0.2, -0.15) is 0 Å². The van der Waals surface area contributed by atoms with Crippen molar-refractivity contribution in [2.24, 2.45) is 23.5 Å². The molecule has 4 rings (SSSR count). The highest BCUT2D eigenvalue weighted by atomic mass is 16.3. The predicted molar refractivity (Wildman–Crippen MR) is 118 cm³/mol. The van der Waals surface area contributed by atoms with E-state index in [0.717, 1.165) is 0 Å². The summed E-state index contributed by atoms with van der Waals surface area (Å²) in [6, 6.07) is 1.87. The summed E-state index contributed by atoms with van der Waals surface area (Å²) in [5.74, 6) is -2.59. The number of hydrogen-bond acceptors (Lipinski definition) is 9. The SMILES string of the molecule is CN(C)[C@H]1C(O)C(C(N)=O)C(=O)[C@]2(O)C(=O)C3=C(O)c4c(O)ccc(C#CCO)c4C[C@@H]3C[C@H]12. The molecule has 1 amide bonds. The van der Waals surface area contributed by atoms with Gasteiger partial charge in [-0.15, -0.1) is 0 Å². The van der Waals surface area contributed by atoms with E-state index in [1.807, 2.05) is 0 Å². The van der Waals surface area contributed by atoms with Crippen LogP contribution >= 0.6 is 0 Å². The van der Waals surface area contributed by atoms with Gasteiger partial charge in [0.1, 0.15) is 24.0 Å². The average Bonchev–Trinajstić information content (AvgIpc) is 2.75. The first kappa shape index (κ1) is 23.9. The zero-order chi connectivity index (χ0) is 25.1. The molecule has 6 atom stereocenters.